The van der Waals surface area contributed by atoms with Crippen LogP contribution in [-0.4, -0.2) is 41.7 Å². The number of phenols is 1. The molecule has 0 bridgehead atoms. The number of amides is 1. The molecule has 1 atom stereocenters. The van der Waals surface area contributed by atoms with Crippen LogP contribution in [0.3, 0.4) is 0 Å². The Morgan fingerprint density at radius 3 is 2.30 bits per heavy atom. The van der Waals surface area contributed by atoms with Crippen LogP contribution >= 0.6 is 0 Å². The summed E-state index contributed by atoms with van der Waals surface area (Å²) >= 11 is 0. The summed E-state index contributed by atoms with van der Waals surface area (Å²) in [6.07, 6.45) is 0. The molecule has 0 saturated carbocycles. The highest BCUT2D eigenvalue weighted by Gasteiger charge is 2.32. The summed E-state index contributed by atoms with van der Waals surface area (Å²) in [5, 5.41) is 10.6. The van der Waals surface area contributed by atoms with Crippen LogP contribution < -0.4 is 16.5 Å². The number of rotatable bonds is 4. The molecule has 1 amide bonds. The Kier molecular flexibility index (Phi) is 6.60. The molecule has 0 unspecified atom stereocenters. The Hall–Kier alpha value is -3.29. The number of carbonyl (C=O) groups is 1. The van der Waals surface area contributed by atoms with Gasteiger partial charge in [0.1, 0.15) is 17.2 Å². The third-order valence-corrected chi connectivity index (χ3v) is 4.71. The van der Waals surface area contributed by atoms with E-state index in [1.54, 1.807) is 33.2 Å². The number of aryl methyl sites for hydroxylation is 2. The van der Waals surface area contributed by atoms with E-state index >= 15 is 0 Å². The van der Waals surface area contributed by atoms with E-state index in [4.69, 9.17) is 15.9 Å². The number of hydrogen-bond acceptors (Lipinski definition) is 4. The van der Waals surface area contributed by atoms with Crippen molar-refractivity contribution in [1.29, 1.82) is 0 Å². The second-order valence-corrected chi connectivity index (χ2v) is 8.63. The van der Waals surface area contributed by atoms with E-state index < -0.39 is 0 Å². The van der Waals surface area contributed by atoms with Gasteiger partial charge in [0.2, 0.25) is 5.84 Å². The quantitative estimate of drug-likeness (QED) is 0.445. The molecule has 30 heavy (non-hydrogen) atoms. The molecule has 8 heteroatoms. The van der Waals surface area contributed by atoms with Crippen LogP contribution in [0.1, 0.15) is 54.3 Å². The number of nitrogens with zero attached hydrogens (tertiary/aromatic N) is 2. The van der Waals surface area contributed by atoms with Crippen LogP contribution in [0.25, 0.3) is 0 Å². The number of nitrogens with two attached hydrogens (primary N) is 2. The van der Waals surface area contributed by atoms with Gasteiger partial charge in [-0.3, -0.25) is 15.5 Å². The smallest absolute Gasteiger partial charge is 0.309 e. The highest BCUT2D eigenvalue weighted by molar-refractivity contribution is 6.37. The average molecular weight is 415 g/mol. The number of aliphatic imine (C=N–C) groups is 1. The first-order valence-corrected chi connectivity index (χ1v) is 9.67. The molecular weight excluding hydrogens is 382 g/mol. The minimum absolute atomic E-state index is 0.00469. The lowest BCUT2D eigenvalue weighted by atomic mass is 9.85. The zero-order chi connectivity index (χ0) is 22.8. The molecule has 162 valence electrons. The maximum atomic E-state index is 12.4. The van der Waals surface area contributed by atoms with Gasteiger partial charge in [-0.25, -0.2) is 4.99 Å². The molecule has 8 nitrogen and oxygen atoms in total. The van der Waals surface area contributed by atoms with Crippen molar-refractivity contribution < 1.29 is 19.3 Å². The molecule has 1 heterocycles. The Bertz CT molecular complexity index is 997. The molecule has 1 aromatic carbocycles. The predicted molar refractivity (Wildman–Crippen MR) is 118 cm³/mol. The normalized spacial score (nSPS) is 14.0. The fourth-order valence-corrected chi connectivity index (χ4v) is 3.01. The van der Waals surface area contributed by atoms with Crippen molar-refractivity contribution in [2.24, 2.45) is 21.9 Å². The summed E-state index contributed by atoms with van der Waals surface area (Å²) in [6, 6.07) is 6.82. The highest BCUT2D eigenvalue weighted by atomic mass is 16.3. The summed E-state index contributed by atoms with van der Waals surface area (Å²) in [5.41, 5.74) is 13.0. The number of aromatic hydroxyl groups is 1. The third kappa shape index (κ3) is 5.00. The number of nitrogens with one attached hydrogen (secondary N) is 1. The Morgan fingerprint density at radius 2 is 1.80 bits per heavy atom. The first kappa shape index (κ1) is 23.0. The second-order valence-electron chi connectivity index (χ2n) is 8.63. The van der Waals surface area contributed by atoms with Crippen molar-refractivity contribution in [3.05, 3.63) is 46.9 Å². The molecule has 2 rings (SSSR count). The Morgan fingerprint density at radius 1 is 1.17 bits per heavy atom. The van der Waals surface area contributed by atoms with Crippen LogP contribution in [0.5, 0.6) is 5.75 Å². The molecule has 0 aliphatic heterocycles. The van der Waals surface area contributed by atoms with Gasteiger partial charge in [-0.15, -0.1) is 0 Å². The van der Waals surface area contributed by atoms with Crippen molar-refractivity contribution in [2.75, 3.05) is 14.1 Å². The first-order valence-electron chi connectivity index (χ1n) is 9.67. The van der Waals surface area contributed by atoms with Gasteiger partial charge >= 0.3 is 5.84 Å². The predicted octanol–water partition coefficient (Wildman–Crippen LogP) is 1.52. The van der Waals surface area contributed by atoms with Crippen LogP contribution in [0.15, 0.2) is 33.7 Å². The molecule has 0 aliphatic rings. The molecule has 2 aromatic rings. The third-order valence-electron chi connectivity index (χ3n) is 4.71. The van der Waals surface area contributed by atoms with Crippen LogP contribution in [0, 0.1) is 19.3 Å². The maximum absolute atomic E-state index is 12.4. The van der Waals surface area contributed by atoms with E-state index in [-0.39, 0.29) is 46.0 Å². The largest absolute Gasteiger partial charge is 0.505 e. The maximum Gasteiger partial charge on any atom is 0.309 e. The van der Waals surface area contributed by atoms with E-state index in [9.17, 15) is 9.90 Å². The summed E-state index contributed by atoms with van der Waals surface area (Å²) in [4.78, 5) is 21.2. The summed E-state index contributed by atoms with van der Waals surface area (Å²) in [7, 11) is 3.23. The van der Waals surface area contributed by atoms with E-state index in [1.165, 1.54) is 4.90 Å². The summed E-state index contributed by atoms with van der Waals surface area (Å²) in [6.45, 7) is 9.77. The topological polar surface area (TPSA) is 132 Å². The molecule has 6 N–H and O–H groups in total. The van der Waals surface area contributed by atoms with Crippen molar-refractivity contribution in [2.45, 2.75) is 40.7 Å². The van der Waals surface area contributed by atoms with Gasteiger partial charge in [0.25, 0.3) is 5.91 Å². The van der Waals surface area contributed by atoms with Gasteiger partial charge in [0, 0.05) is 19.5 Å². The van der Waals surface area contributed by atoms with Gasteiger partial charge in [-0.1, -0.05) is 26.8 Å². The van der Waals surface area contributed by atoms with Crippen molar-refractivity contribution >= 4 is 23.3 Å². The fraction of sp³-hybridized carbons (Fsp3) is 0.409. The number of carbonyl (C=O) groups excluding carboxylic acids is 1. The minimum Gasteiger partial charge on any atom is -0.505 e. The van der Waals surface area contributed by atoms with E-state index in [2.05, 4.69) is 9.98 Å². The molecule has 0 spiro atoms. The van der Waals surface area contributed by atoms with Gasteiger partial charge in [0.15, 0.2) is 11.8 Å². The van der Waals surface area contributed by atoms with Crippen LogP contribution in [0.4, 0.5) is 5.69 Å². The van der Waals surface area contributed by atoms with Crippen molar-refractivity contribution in [3.63, 3.8) is 0 Å². The number of hydrogen-bond donors (Lipinski definition) is 4. The van der Waals surface area contributed by atoms with Gasteiger partial charge < -0.3 is 20.2 Å². The minimum atomic E-state index is -0.323. The van der Waals surface area contributed by atoms with Crippen LogP contribution in [-0.2, 0) is 0 Å². The summed E-state index contributed by atoms with van der Waals surface area (Å²) in [5.74, 6) is 1.10. The fourth-order valence-electron chi connectivity index (χ4n) is 3.01. The lowest BCUT2D eigenvalue weighted by Crippen LogP contribution is -2.81. The Balaban J connectivity index is 2.47. The monoisotopic (exact) mass is 414 g/mol. The molecular formula is C22H32N5O3+. The van der Waals surface area contributed by atoms with E-state index in [0.29, 0.717) is 5.56 Å². The van der Waals surface area contributed by atoms with Crippen molar-refractivity contribution in [1.82, 2.24) is 4.90 Å². The Labute approximate surface area is 177 Å². The molecule has 1 aromatic heterocycles. The number of furan rings is 1. The van der Waals surface area contributed by atoms with Gasteiger partial charge in [-0.05, 0) is 37.6 Å². The summed E-state index contributed by atoms with van der Waals surface area (Å²) < 4.78 is 5.77. The van der Waals surface area contributed by atoms with Crippen LogP contribution in [0.2, 0.25) is 0 Å². The van der Waals surface area contributed by atoms with E-state index in [0.717, 1.165) is 11.5 Å². The van der Waals surface area contributed by atoms with Crippen molar-refractivity contribution in [3.8, 4) is 5.75 Å². The lowest BCUT2D eigenvalue weighted by Gasteiger charge is -2.23. The van der Waals surface area contributed by atoms with Gasteiger partial charge in [0.05, 0.1) is 5.56 Å². The zero-order valence-electron chi connectivity index (χ0n) is 18.7. The zero-order valence-corrected chi connectivity index (χ0v) is 18.7. The van der Waals surface area contributed by atoms with Gasteiger partial charge in [-0.2, -0.15) is 0 Å². The highest BCUT2D eigenvalue weighted by Crippen LogP contribution is 2.33. The molecule has 0 fully saturated rings. The lowest BCUT2D eigenvalue weighted by molar-refractivity contribution is -0.532. The molecule has 0 radical (unpaired) electrons. The number of phenolic OH excluding ortho intramolecular Hbond substituents is 1. The molecule has 0 saturated heterocycles. The SMILES string of the molecule is Cc1ccc([C@H]([NH+]=C(N)C(N)=Nc2ccc(C)c(C(=O)N(C)C)c2O)C(C)(C)C)o1. The molecule has 0 aliphatic carbocycles. The van der Waals surface area contributed by atoms with E-state index in [1.807, 2.05) is 39.8 Å². The standard InChI is InChI=1S/C22H31N5O3/c1-12-8-10-14(17(28)16(12)21(29)27(6)7)25-19(23)20(24)26-18(22(3,4)5)15-11-9-13(2)30-15/h8-11,18,28H,1-7H3,(H2,23,25)(H2,24,26)/p+1/t18-/m0/s1. The second kappa shape index (κ2) is 8.61. The first-order chi connectivity index (χ1) is 13.8. The number of amidine groups is 2. The average Bonchev–Trinajstić information content (AvgIpc) is 3.06. The number of benzene rings is 1.